The quantitative estimate of drug-likeness (QED) is 0.907. The van der Waals surface area contributed by atoms with Gasteiger partial charge in [0.2, 0.25) is 5.91 Å². The monoisotopic (exact) mass is 336 g/mol. The first-order valence-electron chi connectivity index (χ1n) is 6.87. The second-order valence-electron chi connectivity index (χ2n) is 4.98. The lowest BCUT2D eigenvalue weighted by atomic mass is 10.3. The van der Waals surface area contributed by atoms with E-state index in [1.807, 2.05) is 0 Å². The summed E-state index contributed by atoms with van der Waals surface area (Å²) in [5.41, 5.74) is 1.17. The molecule has 120 valence electrons. The molecule has 0 radical (unpaired) electrons. The average Bonchev–Trinajstić information content (AvgIpc) is 2.99. The lowest BCUT2D eigenvalue weighted by Crippen LogP contribution is -2.37. The van der Waals surface area contributed by atoms with Crippen LogP contribution in [0.3, 0.4) is 0 Å². The molecule has 2 aromatic heterocycles. The summed E-state index contributed by atoms with van der Waals surface area (Å²) in [5.74, 6) is -1.04. The van der Waals surface area contributed by atoms with Crippen LogP contribution < -0.4 is 5.32 Å². The van der Waals surface area contributed by atoms with E-state index in [-0.39, 0.29) is 35.7 Å². The number of halogens is 1. The van der Waals surface area contributed by atoms with Gasteiger partial charge in [0.1, 0.15) is 17.2 Å². The Balaban J connectivity index is 1.71. The Morgan fingerprint density at radius 2 is 2.22 bits per heavy atom. The molecular weight excluding hydrogens is 323 g/mol. The Kier molecular flexibility index (Phi) is 4.03. The lowest BCUT2D eigenvalue weighted by molar-refractivity contribution is -0.124. The van der Waals surface area contributed by atoms with Crippen molar-refractivity contribution in [2.75, 3.05) is 18.8 Å². The van der Waals surface area contributed by atoms with Gasteiger partial charge in [-0.1, -0.05) is 11.8 Å². The minimum absolute atomic E-state index is 0.112. The van der Waals surface area contributed by atoms with E-state index in [4.69, 9.17) is 0 Å². The Morgan fingerprint density at radius 3 is 2.91 bits per heavy atom. The van der Waals surface area contributed by atoms with Crippen molar-refractivity contribution in [3.63, 3.8) is 0 Å². The third-order valence-corrected chi connectivity index (χ3v) is 4.29. The van der Waals surface area contributed by atoms with E-state index in [9.17, 15) is 18.8 Å². The minimum atomic E-state index is -0.478. The van der Waals surface area contributed by atoms with E-state index in [1.54, 1.807) is 6.92 Å². The van der Waals surface area contributed by atoms with E-state index in [0.717, 1.165) is 16.7 Å². The summed E-state index contributed by atoms with van der Waals surface area (Å²) >= 11 is 0.945. The SMILES string of the molecule is Cc1nc2ccc(F)cn2c1C(=O)NCCN1C(=O)CSC1=O. The molecule has 0 spiro atoms. The van der Waals surface area contributed by atoms with Crippen molar-refractivity contribution in [2.45, 2.75) is 6.92 Å². The molecule has 1 aliphatic rings. The number of aromatic nitrogens is 2. The maximum Gasteiger partial charge on any atom is 0.288 e. The van der Waals surface area contributed by atoms with Crippen LogP contribution in [-0.4, -0.2) is 50.2 Å². The number of hydrogen-bond acceptors (Lipinski definition) is 5. The van der Waals surface area contributed by atoms with Crippen LogP contribution in [0.5, 0.6) is 0 Å². The van der Waals surface area contributed by atoms with Crippen molar-refractivity contribution < 1.29 is 18.8 Å². The highest BCUT2D eigenvalue weighted by Gasteiger charge is 2.29. The molecular formula is C14H13FN4O3S. The van der Waals surface area contributed by atoms with Gasteiger partial charge >= 0.3 is 0 Å². The van der Waals surface area contributed by atoms with E-state index < -0.39 is 11.7 Å². The Hall–Kier alpha value is -2.42. The molecule has 0 unspecified atom stereocenters. The molecule has 1 saturated heterocycles. The summed E-state index contributed by atoms with van der Waals surface area (Å²) in [6, 6.07) is 2.75. The highest BCUT2D eigenvalue weighted by Crippen LogP contribution is 2.18. The fourth-order valence-electron chi connectivity index (χ4n) is 2.37. The van der Waals surface area contributed by atoms with Gasteiger partial charge in [0.15, 0.2) is 0 Å². The van der Waals surface area contributed by atoms with Crippen LogP contribution in [0.4, 0.5) is 9.18 Å². The van der Waals surface area contributed by atoms with Crippen molar-refractivity contribution in [1.29, 1.82) is 0 Å². The highest BCUT2D eigenvalue weighted by molar-refractivity contribution is 8.14. The van der Waals surface area contributed by atoms with E-state index in [0.29, 0.717) is 11.3 Å². The zero-order valence-electron chi connectivity index (χ0n) is 12.2. The standard InChI is InChI=1S/C14H13FN4O3S/c1-8-12(19-6-9(15)2-3-10(19)17-8)13(21)16-4-5-18-11(20)7-23-14(18)22/h2-3,6H,4-5,7H2,1H3,(H,16,21). The normalized spacial score (nSPS) is 14.8. The number of hydrogen-bond donors (Lipinski definition) is 1. The molecule has 1 N–H and O–H groups in total. The number of nitrogens with one attached hydrogen (secondary N) is 1. The number of pyridine rings is 1. The third-order valence-electron chi connectivity index (χ3n) is 3.43. The molecule has 0 aliphatic carbocycles. The van der Waals surface area contributed by atoms with Crippen molar-refractivity contribution in [3.8, 4) is 0 Å². The van der Waals surface area contributed by atoms with Crippen LogP contribution in [0.25, 0.3) is 5.65 Å². The van der Waals surface area contributed by atoms with Gasteiger partial charge in [-0.25, -0.2) is 9.37 Å². The molecule has 3 heterocycles. The van der Waals surface area contributed by atoms with Gasteiger partial charge < -0.3 is 5.32 Å². The van der Waals surface area contributed by atoms with Crippen molar-refractivity contribution in [2.24, 2.45) is 0 Å². The minimum Gasteiger partial charge on any atom is -0.349 e. The molecule has 23 heavy (non-hydrogen) atoms. The largest absolute Gasteiger partial charge is 0.349 e. The van der Waals surface area contributed by atoms with Gasteiger partial charge in [-0.15, -0.1) is 0 Å². The fourth-order valence-corrected chi connectivity index (χ4v) is 3.12. The number of imide groups is 1. The molecule has 0 bridgehead atoms. The maximum absolute atomic E-state index is 13.4. The molecule has 3 amide bonds. The molecule has 1 fully saturated rings. The smallest absolute Gasteiger partial charge is 0.288 e. The van der Waals surface area contributed by atoms with Crippen LogP contribution >= 0.6 is 11.8 Å². The van der Waals surface area contributed by atoms with Gasteiger partial charge in [-0.2, -0.15) is 0 Å². The summed E-state index contributed by atoms with van der Waals surface area (Å²) in [6.45, 7) is 1.89. The fraction of sp³-hybridized carbons (Fsp3) is 0.286. The summed E-state index contributed by atoms with van der Waals surface area (Å²) < 4.78 is 14.7. The molecule has 9 heteroatoms. The number of carbonyl (C=O) groups is 3. The van der Waals surface area contributed by atoms with E-state index >= 15 is 0 Å². The Morgan fingerprint density at radius 1 is 1.43 bits per heavy atom. The highest BCUT2D eigenvalue weighted by atomic mass is 32.2. The summed E-state index contributed by atoms with van der Waals surface area (Å²) in [6.07, 6.45) is 1.19. The zero-order valence-corrected chi connectivity index (χ0v) is 13.0. The second kappa shape index (κ2) is 5.99. The third kappa shape index (κ3) is 2.91. The number of aryl methyl sites for hydroxylation is 1. The van der Waals surface area contributed by atoms with Gasteiger partial charge in [0, 0.05) is 19.3 Å². The van der Waals surface area contributed by atoms with Crippen LogP contribution in [0.2, 0.25) is 0 Å². The number of amides is 3. The molecule has 0 atom stereocenters. The van der Waals surface area contributed by atoms with E-state index in [2.05, 4.69) is 10.3 Å². The Bertz CT molecular complexity index is 804. The van der Waals surface area contributed by atoms with Crippen molar-refractivity contribution in [1.82, 2.24) is 19.6 Å². The predicted molar refractivity (Wildman–Crippen MR) is 81.8 cm³/mol. The zero-order chi connectivity index (χ0) is 16.6. The summed E-state index contributed by atoms with van der Waals surface area (Å²) in [7, 11) is 0. The van der Waals surface area contributed by atoms with Crippen LogP contribution in [-0.2, 0) is 4.79 Å². The van der Waals surface area contributed by atoms with Gasteiger partial charge in [-0.05, 0) is 19.1 Å². The number of nitrogens with zero attached hydrogens (tertiary/aromatic N) is 3. The van der Waals surface area contributed by atoms with Crippen LogP contribution in [0.1, 0.15) is 16.2 Å². The lowest BCUT2D eigenvalue weighted by Gasteiger charge is -2.13. The first-order valence-corrected chi connectivity index (χ1v) is 7.85. The van der Waals surface area contributed by atoms with Gasteiger partial charge in [0.05, 0.1) is 11.4 Å². The summed E-state index contributed by atoms with van der Waals surface area (Å²) in [4.78, 5) is 40.5. The number of carbonyl (C=O) groups excluding carboxylic acids is 3. The van der Waals surface area contributed by atoms with Gasteiger partial charge in [0.25, 0.3) is 11.1 Å². The number of fused-ring (bicyclic) bond motifs is 1. The average molecular weight is 336 g/mol. The molecule has 1 aliphatic heterocycles. The second-order valence-corrected chi connectivity index (χ2v) is 5.90. The Labute approximate surface area is 134 Å². The molecule has 2 aromatic rings. The van der Waals surface area contributed by atoms with Crippen molar-refractivity contribution in [3.05, 3.63) is 35.5 Å². The number of rotatable bonds is 4. The molecule has 0 saturated carbocycles. The van der Waals surface area contributed by atoms with Crippen LogP contribution in [0, 0.1) is 12.7 Å². The van der Waals surface area contributed by atoms with Gasteiger partial charge in [-0.3, -0.25) is 23.7 Å². The maximum atomic E-state index is 13.4. The molecule has 0 aromatic carbocycles. The topological polar surface area (TPSA) is 83.8 Å². The summed E-state index contributed by atoms with van der Waals surface area (Å²) in [5, 5.41) is 2.32. The first-order chi connectivity index (χ1) is 11.0. The van der Waals surface area contributed by atoms with Crippen LogP contribution in [0.15, 0.2) is 18.3 Å². The van der Waals surface area contributed by atoms with E-state index in [1.165, 1.54) is 22.7 Å². The molecule has 7 nitrogen and oxygen atoms in total. The number of imidazole rings is 1. The molecule has 3 rings (SSSR count). The van der Waals surface area contributed by atoms with Crippen molar-refractivity contribution >= 4 is 34.5 Å². The number of thioether (sulfide) groups is 1. The first kappa shape index (κ1) is 15.5. The predicted octanol–water partition coefficient (Wildman–Crippen LogP) is 1.21.